The lowest BCUT2D eigenvalue weighted by molar-refractivity contribution is -0.124. The normalized spacial score (nSPS) is 29.5. The van der Waals surface area contributed by atoms with E-state index in [2.05, 4.69) is 22.8 Å². The Hall–Kier alpha value is -1.20. The number of carbonyl (C=O) groups excluding carboxylic acids is 1. The molecule has 0 radical (unpaired) electrons. The molecule has 0 saturated carbocycles. The molecule has 1 amide bonds. The van der Waals surface area contributed by atoms with Crippen LogP contribution in [0.25, 0.3) is 0 Å². The maximum Gasteiger partial charge on any atom is 0.237 e. The Morgan fingerprint density at radius 3 is 2.65 bits per heavy atom. The van der Waals surface area contributed by atoms with E-state index in [0.29, 0.717) is 11.5 Å². The van der Waals surface area contributed by atoms with Crippen LogP contribution in [0.5, 0.6) is 0 Å². The number of hydrogen-bond acceptors (Lipinski definition) is 3. The van der Waals surface area contributed by atoms with Crippen LogP contribution in [0.4, 0.5) is 0 Å². The number of fused-ring (bicyclic) bond motifs is 1. The van der Waals surface area contributed by atoms with Gasteiger partial charge in [-0.3, -0.25) is 9.00 Å². The molecule has 0 spiro atoms. The zero-order chi connectivity index (χ0) is 13.9. The Bertz CT molecular complexity index is 522. The molecule has 0 bridgehead atoms. The van der Waals surface area contributed by atoms with Gasteiger partial charge in [0.05, 0.1) is 6.04 Å². The number of nitrogens with one attached hydrogen (secondary N) is 2. The first-order valence-corrected chi connectivity index (χ1v) is 8.66. The van der Waals surface area contributed by atoms with E-state index in [1.807, 2.05) is 12.1 Å². The highest BCUT2D eigenvalue weighted by atomic mass is 32.2. The summed E-state index contributed by atoms with van der Waals surface area (Å²) in [5, 5.41) is 6.41. The zero-order valence-corrected chi connectivity index (χ0v) is 12.2. The maximum atomic E-state index is 12.3. The van der Waals surface area contributed by atoms with Crippen molar-refractivity contribution in [2.75, 3.05) is 11.5 Å². The lowest BCUT2D eigenvalue weighted by Gasteiger charge is -2.28. The molecule has 1 atom stereocenters. The minimum Gasteiger partial charge on any atom is -0.352 e. The second-order valence-electron chi connectivity index (χ2n) is 5.54. The molecular formula is C15H20N2O2S. The first kappa shape index (κ1) is 13.8. The fourth-order valence-corrected chi connectivity index (χ4v) is 4.18. The highest BCUT2D eigenvalue weighted by Crippen LogP contribution is 2.17. The van der Waals surface area contributed by atoms with E-state index in [0.717, 1.165) is 25.8 Å². The molecule has 4 nitrogen and oxygen atoms in total. The summed E-state index contributed by atoms with van der Waals surface area (Å²) < 4.78 is 11.3. The van der Waals surface area contributed by atoms with Crippen molar-refractivity contribution in [1.82, 2.24) is 10.6 Å². The molecule has 2 N–H and O–H groups in total. The van der Waals surface area contributed by atoms with E-state index in [4.69, 9.17) is 0 Å². The van der Waals surface area contributed by atoms with Crippen molar-refractivity contribution in [3.63, 3.8) is 0 Å². The van der Waals surface area contributed by atoms with Gasteiger partial charge in [0, 0.05) is 34.9 Å². The van der Waals surface area contributed by atoms with Crippen LogP contribution in [-0.2, 0) is 28.6 Å². The predicted octanol–water partition coefficient (Wildman–Crippen LogP) is 0.728. The van der Waals surface area contributed by atoms with Crippen LogP contribution in [-0.4, -0.2) is 33.7 Å². The van der Waals surface area contributed by atoms with Crippen molar-refractivity contribution < 1.29 is 9.00 Å². The average molecular weight is 292 g/mol. The molecule has 1 aromatic rings. The fraction of sp³-hybridized carbons (Fsp3) is 0.533. The topological polar surface area (TPSA) is 58.2 Å². The third-order valence-electron chi connectivity index (χ3n) is 4.13. The molecule has 5 heteroatoms. The van der Waals surface area contributed by atoms with Crippen LogP contribution >= 0.6 is 0 Å². The molecule has 20 heavy (non-hydrogen) atoms. The van der Waals surface area contributed by atoms with Gasteiger partial charge in [-0.2, -0.15) is 0 Å². The number of rotatable bonds is 2. The van der Waals surface area contributed by atoms with E-state index < -0.39 is 10.8 Å². The maximum absolute atomic E-state index is 12.3. The number of hydrogen-bond donors (Lipinski definition) is 2. The van der Waals surface area contributed by atoms with Crippen molar-refractivity contribution >= 4 is 16.7 Å². The van der Waals surface area contributed by atoms with Gasteiger partial charge in [-0.15, -0.1) is 0 Å². The molecule has 2 aliphatic rings. The highest BCUT2D eigenvalue weighted by Gasteiger charge is 2.26. The van der Waals surface area contributed by atoms with Crippen molar-refractivity contribution in [3.05, 3.63) is 35.4 Å². The summed E-state index contributed by atoms with van der Waals surface area (Å²) in [4.78, 5) is 12.3. The summed E-state index contributed by atoms with van der Waals surface area (Å²) in [5.41, 5.74) is 2.54. The average Bonchev–Trinajstić information content (AvgIpc) is 2.49. The minimum atomic E-state index is -0.677. The van der Waals surface area contributed by atoms with Crippen LogP contribution in [0.2, 0.25) is 0 Å². The molecule has 0 aromatic heterocycles. The van der Waals surface area contributed by atoms with Crippen molar-refractivity contribution in [2.45, 2.75) is 37.9 Å². The van der Waals surface area contributed by atoms with Gasteiger partial charge in [-0.25, -0.2) is 0 Å². The monoisotopic (exact) mass is 292 g/mol. The Morgan fingerprint density at radius 2 is 1.90 bits per heavy atom. The van der Waals surface area contributed by atoms with E-state index in [1.165, 1.54) is 11.1 Å². The Balaban J connectivity index is 1.57. The Morgan fingerprint density at radius 1 is 1.20 bits per heavy atom. The van der Waals surface area contributed by atoms with E-state index in [-0.39, 0.29) is 18.0 Å². The summed E-state index contributed by atoms with van der Waals surface area (Å²) in [5.74, 6) is 1.51. The molecule has 2 heterocycles. The third-order valence-corrected chi connectivity index (χ3v) is 5.51. The molecular weight excluding hydrogens is 272 g/mol. The fourth-order valence-electron chi connectivity index (χ4n) is 2.88. The van der Waals surface area contributed by atoms with Crippen LogP contribution in [0, 0.1) is 0 Å². The SMILES string of the molecule is O=C(NC1CCS(=O)CC1)C1Cc2ccccc2CN1. The predicted molar refractivity (Wildman–Crippen MR) is 79.8 cm³/mol. The van der Waals surface area contributed by atoms with Crippen molar-refractivity contribution in [1.29, 1.82) is 0 Å². The third kappa shape index (κ3) is 3.10. The van der Waals surface area contributed by atoms with Gasteiger partial charge in [-0.1, -0.05) is 24.3 Å². The minimum absolute atomic E-state index is 0.0807. The van der Waals surface area contributed by atoms with Gasteiger partial charge in [0.1, 0.15) is 0 Å². The second-order valence-corrected chi connectivity index (χ2v) is 7.23. The summed E-state index contributed by atoms with van der Waals surface area (Å²) >= 11 is 0. The second kappa shape index (κ2) is 6.06. The summed E-state index contributed by atoms with van der Waals surface area (Å²) in [6.07, 6.45) is 2.42. The number of benzene rings is 1. The summed E-state index contributed by atoms with van der Waals surface area (Å²) in [7, 11) is -0.677. The van der Waals surface area contributed by atoms with Crippen molar-refractivity contribution in [3.8, 4) is 0 Å². The molecule has 1 aromatic carbocycles. The van der Waals surface area contributed by atoms with Crippen LogP contribution in [0.15, 0.2) is 24.3 Å². The first-order chi connectivity index (χ1) is 9.72. The van der Waals surface area contributed by atoms with Crippen molar-refractivity contribution in [2.24, 2.45) is 0 Å². The smallest absolute Gasteiger partial charge is 0.237 e. The molecule has 1 fully saturated rings. The summed E-state index contributed by atoms with van der Waals surface area (Å²) in [6, 6.07) is 8.31. The quantitative estimate of drug-likeness (QED) is 0.845. The summed E-state index contributed by atoms with van der Waals surface area (Å²) in [6.45, 7) is 0.753. The molecule has 3 rings (SSSR count). The van der Waals surface area contributed by atoms with Gasteiger partial charge in [-0.05, 0) is 30.4 Å². The Labute approximate surface area is 121 Å². The Kier molecular flexibility index (Phi) is 4.17. The van der Waals surface area contributed by atoms with Gasteiger partial charge < -0.3 is 10.6 Å². The van der Waals surface area contributed by atoms with Gasteiger partial charge >= 0.3 is 0 Å². The molecule has 108 valence electrons. The standard InChI is InChI=1S/C15H20N2O2S/c18-15(17-13-5-7-20(19)8-6-13)14-9-11-3-1-2-4-12(11)10-16-14/h1-4,13-14,16H,5-10H2,(H,17,18). The van der Waals surface area contributed by atoms with E-state index in [9.17, 15) is 9.00 Å². The molecule has 1 saturated heterocycles. The molecule has 1 unspecified atom stereocenters. The lowest BCUT2D eigenvalue weighted by atomic mass is 9.95. The number of carbonyl (C=O) groups is 1. The van der Waals surface area contributed by atoms with Crippen LogP contribution in [0.3, 0.4) is 0 Å². The highest BCUT2D eigenvalue weighted by molar-refractivity contribution is 7.85. The lowest BCUT2D eigenvalue weighted by Crippen LogP contribution is -2.51. The van der Waals surface area contributed by atoms with Gasteiger partial charge in [0.15, 0.2) is 0 Å². The van der Waals surface area contributed by atoms with Gasteiger partial charge in [0.2, 0.25) is 5.91 Å². The largest absolute Gasteiger partial charge is 0.352 e. The van der Waals surface area contributed by atoms with Crippen LogP contribution < -0.4 is 10.6 Å². The van der Waals surface area contributed by atoms with Gasteiger partial charge in [0.25, 0.3) is 0 Å². The molecule has 2 aliphatic heterocycles. The van der Waals surface area contributed by atoms with E-state index in [1.54, 1.807) is 0 Å². The number of amides is 1. The first-order valence-electron chi connectivity index (χ1n) is 7.18. The van der Waals surface area contributed by atoms with Crippen LogP contribution in [0.1, 0.15) is 24.0 Å². The van der Waals surface area contributed by atoms with E-state index >= 15 is 0 Å². The zero-order valence-electron chi connectivity index (χ0n) is 11.4. The molecule has 0 aliphatic carbocycles.